The Morgan fingerprint density at radius 2 is 2.29 bits per heavy atom. The van der Waals surface area contributed by atoms with Gasteiger partial charge in [-0.15, -0.1) is 0 Å². The summed E-state index contributed by atoms with van der Waals surface area (Å²) in [6.07, 6.45) is 0.459. The van der Waals surface area contributed by atoms with Gasteiger partial charge in [-0.3, -0.25) is 14.8 Å². The van der Waals surface area contributed by atoms with Gasteiger partial charge in [0.25, 0.3) is 0 Å². The first kappa shape index (κ1) is 15.4. The average molecular weight is 357 g/mol. The smallest absolute Gasteiger partial charge is 0.312 e. The van der Waals surface area contributed by atoms with E-state index >= 15 is 0 Å². The van der Waals surface area contributed by atoms with Gasteiger partial charge in [-0.25, -0.2) is 4.98 Å². The molecule has 1 aromatic carbocycles. The number of aliphatic hydroxyl groups is 1. The summed E-state index contributed by atoms with van der Waals surface area (Å²) < 4.78 is 7.53. The Labute approximate surface area is 128 Å². The van der Waals surface area contributed by atoms with E-state index in [-0.39, 0.29) is 18.0 Å². The van der Waals surface area contributed by atoms with Crippen molar-refractivity contribution in [1.82, 2.24) is 14.8 Å². The molecule has 1 atom stereocenters. The fourth-order valence-corrected chi connectivity index (χ4v) is 2.25. The Balaban J connectivity index is 2.40. The lowest BCUT2D eigenvalue weighted by Crippen LogP contribution is -2.08. The summed E-state index contributed by atoms with van der Waals surface area (Å²) >= 11 is 3.19. The fraction of sp³-hybridized carbons (Fsp3) is 0.333. The summed E-state index contributed by atoms with van der Waals surface area (Å²) in [5.74, 6) is 0.546. The van der Waals surface area contributed by atoms with Crippen molar-refractivity contribution in [3.05, 3.63) is 44.4 Å². The molecule has 112 valence electrons. The van der Waals surface area contributed by atoms with Gasteiger partial charge >= 0.3 is 5.69 Å². The van der Waals surface area contributed by atoms with E-state index in [9.17, 15) is 15.2 Å². The Morgan fingerprint density at radius 1 is 1.57 bits per heavy atom. The predicted octanol–water partition coefficient (Wildman–Crippen LogP) is 2.12. The summed E-state index contributed by atoms with van der Waals surface area (Å²) in [5.41, 5.74) is 0.112. The van der Waals surface area contributed by atoms with E-state index in [0.29, 0.717) is 15.9 Å². The van der Waals surface area contributed by atoms with Crippen molar-refractivity contribution in [2.75, 3.05) is 0 Å². The SMILES string of the molecule is C[C@@H](O)c1cc(Br)cc([N+](=O)[O-])c1OCc1ncnn1C. The number of nitrogens with zero attached hydrogens (tertiary/aromatic N) is 4. The molecule has 0 unspecified atom stereocenters. The standard InChI is InChI=1S/C12H13BrN4O4/c1-7(18)9-3-8(13)4-10(17(19)20)12(9)21-5-11-14-6-15-16(11)2/h3-4,6-7,18H,5H2,1-2H3/t7-/m1/s1. The second kappa shape index (κ2) is 6.19. The molecule has 1 heterocycles. The Kier molecular flexibility index (Phi) is 4.53. The molecule has 0 spiro atoms. The monoisotopic (exact) mass is 356 g/mol. The lowest BCUT2D eigenvalue weighted by molar-refractivity contribution is -0.386. The quantitative estimate of drug-likeness (QED) is 0.649. The molecular formula is C12H13BrN4O4. The number of nitro groups is 1. The molecule has 0 aliphatic heterocycles. The van der Waals surface area contributed by atoms with E-state index in [2.05, 4.69) is 26.0 Å². The van der Waals surface area contributed by atoms with Crippen LogP contribution in [0.5, 0.6) is 5.75 Å². The van der Waals surface area contributed by atoms with Gasteiger partial charge in [0, 0.05) is 23.2 Å². The first-order valence-corrected chi connectivity index (χ1v) is 6.81. The van der Waals surface area contributed by atoms with Crippen molar-refractivity contribution in [3.8, 4) is 5.75 Å². The maximum absolute atomic E-state index is 11.2. The van der Waals surface area contributed by atoms with Crippen LogP contribution in [0.1, 0.15) is 24.4 Å². The van der Waals surface area contributed by atoms with E-state index in [4.69, 9.17) is 4.74 Å². The molecule has 1 N–H and O–H groups in total. The second-order valence-electron chi connectivity index (χ2n) is 4.36. The molecule has 8 nitrogen and oxygen atoms in total. The Bertz CT molecular complexity index is 671. The van der Waals surface area contributed by atoms with Crippen LogP contribution < -0.4 is 4.74 Å². The number of aliphatic hydroxyl groups excluding tert-OH is 1. The number of rotatable bonds is 5. The first-order chi connectivity index (χ1) is 9.90. The van der Waals surface area contributed by atoms with Crippen molar-refractivity contribution in [2.24, 2.45) is 7.05 Å². The number of hydrogen-bond acceptors (Lipinski definition) is 6. The summed E-state index contributed by atoms with van der Waals surface area (Å²) in [7, 11) is 1.69. The summed E-state index contributed by atoms with van der Waals surface area (Å²) in [6, 6.07) is 2.92. The molecular weight excluding hydrogens is 344 g/mol. The van der Waals surface area contributed by atoms with Crippen molar-refractivity contribution < 1.29 is 14.8 Å². The van der Waals surface area contributed by atoms with Crippen LogP contribution in [0.2, 0.25) is 0 Å². The number of ether oxygens (including phenoxy) is 1. The average Bonchev–Trinajstić information content (AvgIpc) is 2.81. The number of benzene rings is 1. The summed E-state index contributed by atoms with van der Waals surface area (Å²) in [5, 5.41) is 24.9. The zero-order chi connectivity index (χ0) is 15.6. The van der Waals surface area contributed by atoms with Crippen LogP contribution in [-0.4, -0.2) is 24.8 Å². The van der Waals surface area contributed by atoms with Crippen LogP contribution in [0.4, 0.5) is 5.69 Å². The lowest BCUT2D eigenvalue weighted by atomic mass is 10.1. The number of aromatic nitrogens is 3. The highest BCUT2D eigenvalue weighted by atomic mass is 79.9. The highest BCUT2D eigenvalue weighted by Gasteiger charge is 2.23. The molecule has 0 bridgehead atoms. The molecule has 0 saturated heterocycles. The largest absolute Gasteiger partial charge is 0.478 e. The molecule has 9 heteroatoms. The van der Waals surface area contributed by atoms with Gasteiger partial charge in [0.15, 0.2) is 5.82 Å². The van der Waals surface area contributed by atoms with E-state index in [1.165, 1.54) is 24.0 Å². The van der Waals surface area contributed by atoms with Gasteiger partial charge in [0.2, 0.25) is 5.75 Å². The lowest BCUT2D eigenvalue weighted by Gasteiger charge is -2.14. The number of hydrogen-bond donors (Lipinski definition) is 1. The minimum absolute atomic E-state index is 0.0126. The molecule has 0 fully saturated rings. The zero-order valence-corrected chi connectivity index (χ0v) is 12.9. The van der Waals surface area contributed by atoms with Gasteiger partial charge in [0.05, 0.1) is 11.0 Å². The van der Waals surface area contributed by atoms with Crippen molar-refractivity contribution in [2.45, 2.75) is 19.6 Å². The van der Waals surface area contributed by atoms with Gasteiger partial charge in [-0.2, -0.15) is 5.10 Å². The van der Waals surface area contributed by atoms with Gasteiger partial charge in [0.1, 0.15) is 12.9 Å². The zero-order valence-electron chi connectivity index (χ0n) is 11.4. The third-order valence-corrected chi connectivity index (χ3v) is 3.32. The maximum atomic E-state index is 11.2. The third-order valence-electron chi connectivity index (χ3n) is 2.86. The topological polar surface area (TPSA) is 103 Å². The van der Waals surface area contributed by atoms with Crippen LogP contribution in [0.15, 0.2) is 22.9 Å². The maximum Gasteiger partial charge on any atom is 0.312 e. The van der Waals surface area contributed by atoms with Crippen molar-refractivity contribution in [3.63, 3.8) is 0 Å². The van der Waals surface area contributed by atoms with E-state index in [1.807, 2.05) is 0 Å². The van der Waals surface area contributed by atoms with Gasteiger partial charge < -0.3 is 9.84 Å². The van der Waals surface area contributed by atoms with Crippen molar-refractivity contribution in [1.29, 1.82) is 0 Å². The molecule has 2 aromatic rings. The highest BCUT2D eigenvalue weighted by Crippen LogP contribution is 2.38. The minimum atomic E-state index is -0.907. The van der Waals surface area contributed by atoms with Crippen LogP contribution in [0, 0.1) is 10.1 Å². The number of nitro benzene ring substituents is 1. The highest BCUT2D eigenvalue weighted by molar-refractivity contribution is 9.10. The molecule has 0 aliphatic carbocycles. The molecule has 21 heavy (non-hydrogen) atoms. The van der Waals surface area contributed by atoms with E-state index in [1.54, 1.807) is 13.1 Å². The van der Waals surface area contributed by atoms with Crippen LogP contribution in [-0.2, 0) is 13.7 Å². The normalized spacial score (nSPS) is 12.2. The summed E-state index contributed by atoms with van der Waals surface area (Å²) in [6.45, 7) is 1.53. The number of aryl methyl sites for hydroxylation is 1. The molecule has 0 amide bonds. The van der Waals surface area contributed by atoms with Crippen LogP contribution >= 0.6 is 15.9 Å². The minimum Gasteiger partial charge on any atom is -0.478 e. The Hall–Kier alpha value is -2.00. The third kappa shape index (κ3) is 3.37. The molecule has 0 saturated carbocycles. The second-order valence-corrected chi connectivity index (χ2v) is 5.28. The molecule has 0 aliphatic rings. The van der Waals surface area contributed by atoms with E-state index < -0.39 is 11.0 Å². The predicted molar refractivity (Wildman–Crippen MR) is 76.8 cm³/mol. The Morgan fingerprint density at radius 3 is 2.81 bits per heavy atom. The molecule has 1 aromatic heterocycles. The van der Waals surface area contributed by atoms with Crippen LogP contribution in [0.3, 0.4) is 0 Å². The molecule has 2 rings (SSSR count). The fourth-order valence-electron chi connectivity index (χ4n) is 1.79. The van der Waals surface area contributed by atoms with Gasteiger partial charge in [-0.05, 0) is 13.0 Å². The van der Waals surface area contributed by atoms with Crippen LogP contribution in [0.25, 0.3) is 0 Å². The van der Waals surface area contributed by atoms with Crippen molar-refractivity contribution >= 4 is 21.6 Å². The van der Waals surface area contributed by atoms with Gasteiger partial charge in [-0.1, -0.05) is 15.9 Å². The molecule has 0 radical (unpaired) electrons. The van der Waals surface area contributed by atoms with E-state index in [0.717, 1.165) is 0 Å². The summed E-state index contributed by atoms with van der Waals surface area (Å²) in [4.78, 5) is 14.6. The number of halogens is 1. The first-order valence-electron chi connectivity index (χ1n) is 6.01.